The third kappa shape index (κ3) is 3.14. The molecule has 0 heterocycles. The van der Waals surface area contributed by atoms with E-state index in [1.54, 1.807) is 24.3 Å². The summed E-state index contributed by atoms with van der Waals surface area (Å²) >= 11 is 0. The summed E-state index contributed by atoms with van der Waals surface area (Å²) in [7, 11) is 0. The van der Waals surface area contributed by atoms with E-state index in [4.69, 9.17) is 0 Å². The average Bonchev–Trinajstić information content (AvgIpc) is 2.35. The van der Waals surface area contributed by atoms with Gasteiger partial charge in [-0.25, -0.2) is 8.78 Å². The standard InChI is InChI=1S/C15H14F2.H3N/c1-2-15(11-3-7-13(16)8-4-11)12-5-9-14(17)10-6-12;/h3-10,15H,2H2,1H3;1H3. The molecule has 3 N–H and O–H groups in total. The van der Waals surface area contributed by atoms with Gasteiger partial charge in [-0.05, 0) is 41.8 Å². The second-order valence-corrected chi connectivity index (χ2v) is 4.06. The summed E-state index contributed by atoms with van der Waals surface area (Å²) in [6.45, 7) is 2.07. The fraction of sp³-hybridized carbons (Fsp3) is 0.200. The van der Waals surface area contributed by atoms with E-state index in [9.17, 15) is 8.78 Å². The van der Waals surface area contributed by atoms with Gasteiger partial charge in [-0.1, -0.05) is 31.2 Å². The molecule has 0 saturated carbocycles. The van der Waals surface area contributed by atoms with Crippen molar-refractivity contribution < 1.29 is 8.78 Å². The second kappa shape index (κ2) is 6.26. The molecule has 0 amide bonds. The molecule has 0 spiro atoms. The average molecular weight is 249 g/mol. The molecule has 0 radical (unpaired) electrons. The van der Waals surface area contributed by atoms with Crippen LogP contribution in [0.1, 0.15) is 30.4 Å². The molecule has 0 aliphatic carbocycles. The lowest BCUT2D eigenvalue weighted by Crippen LogP contribution is -1.99. The highest BCUT2D eigenvalue weighted by atomic mass is 19.1. The summed E-state index contributed by atoms with van der Waals surface area (Å²) < 4.78 is 25.7. The van der Waals surface area contributed by atoms with Crippen LogP contribution < -0.4 is 6.15 Å². The van der Waals surface area contributed by atoms with Crippen molar-refractivity contribution in [3.05, 3.63) is 71.3 Å². The van der Waals surface area contributed by atoms with Crippen molar-refractivity contribution in [2.75, 3.05) is 0 Å². The summed E-state index contributed by atoms with van der Waals surface area (Å²) in [6, 6.07) is 13.0. The van der Waals surface area contributed by atoms with Gasteiger partial charge in [-0.3, -0.25) is 0 Å². The molecule has 2 rings (SSSR count). The van der Waals surface area contributed by atoms with Crippen LogP contribution in [0.4, 0.5) is 8.78 Å². The van der Waals surface area contributed by atoms with Crippen LogP contribution in [0.15, 0.2) is 48.5 Å². The van der Waals surface area contributed by atoms with Crippen LogP contribution in [0.25, 0.3) is 0 Å². The Bertz CT molecular complexity index is 431. The van der Waals surface area contributed by atoms with E-state index in [1.165, 1.54) is 24.3 Å². The van der Waals surface area contributed by atoms with Gasteiger partial charge in [-0.15, -0.1) is 0 Å². The van der Waals surface area contributed by atoms with Crippen molar-refractivity contribution in [1.29, 1.82) is 0 Å². The van der Waals surface area contributed by atoms with E-state index in [2.05, 4.69) is 6.92 Å². The minimum atomic E-state index is -0.234. The third-order valence-electron chi connectivity index (χ3n) is 2.95. The van der Waals surface area contributed by atoms with Gasteiger partial charge in [0, 0.05) is 5.92 Å². The highest BCUT2D eigenvalue weighted by Gasteiger charge is 2.11. The Labute approximate surface area is 106 Å². The zero-order valence-electron chi connectivity index (χ0n) is 10.4. The molecule has 96 valence electrons. The second-order valence-electron chi connectivity index (χ2n) is 4.06. The molecule has 0 fully saturated rings. The number of hydrogen-bond acceptors (Lipinski definition) is 1. The molecule has 1 nitrogen and oxygen atoms in total. The van der Waals surface area contributed by atoms with E-state index in [-0.39, 0.29) is 23.7 Å². The van der Waals surface area contributed by atoms with Crippen LogP contribution in [0.3, 0.4) is 0 Å². The van der Waals surface area contributed by atoms with E-state index < -0.39 is 0 Å². The molecule has 0 aliphatic heterocycles. The van der Waals surface area contributed by atoms with Gasteiger partial charge in [0.25, 0.3) is 0 Å². The smallest absolute Gasteiger partial charge is 0.123 e. The summed E-state index contributed by atoms with van der Waals surface area (Å²) in [6.07, 6.45) is 0.900. The first-order chi connectivity index (χ1) is 8.20. The van der Waals surface area contributed by atoms with Crippen molar-refractivity contribution in [3.8, 4) is 0 Å². The van der Waals surface area contributed by atoms with Crippen molar-refractivity contribution in [2.24, 2.45) is 0 Å². The summed E-state index contributed by atoms with van der Waals surface area (Å²) in [5, 5.41) is 0. The van der Waals surface area contributed by atoms with Crippen LogP contribution in [0.2, 0.25) is 0 Å². The minimum Gasteiger partial charge on any atom is -0.344 e. The number of halogens is 2. The van der Waals surface area contributed by atoms with Gasteiger partial charge in [0.2, 0.25) is 0 Å². The molecule has 2 aromatic carbocycles. The Morgan fingerprint density at radius 2 is 1.11 bits per heavy atom. The minimum absolute atomic E-state index is 0. The molecule has 0 aliphatic rings. The molecular weight excluding hydrogens is 232 g/mol. The van der Waals surface area contributed by atoms with Gasteiger partial charge in [-0.2, -0.15) is 0 Å². The van der Waals surface area contributed by atoms with Crippen molar-refractivity contribution in [1.82, 2.24) is 6.15 Å². The molecule has 0 atom stereocenters. The van der Waals surface area contributed by atoms with E-state index >= 15 is 0 Å². The molecule has 18 heavy (non-hydrogen) atoms. The van der Waals surface area contributed by atoms with Crippen LogP contribution in [-0.4, -0.2) is 0 Å². The Morgan fingerprint density at radius 3 is 1.39 bits per heavy atom. The number of hydrogen-bond donors (Lipinski definition) is 1. The lowest BCUT2D eigenvalue weighted by Gasteiger charge is -2.15. The Kier molecular flexibility index (Phi) is 4.98. The van der Waals surface area contributed by atoms with Crippen LogP contribution >= 0.6 is 0 Å². The number of benzene rings is 2. The van der Waals surface area contributed by atoms with Gasteiger partial charge in [0.15, 0.2) is 0 Å². The van der Waals surface area contributed by atoms with E-state index in [0.29, 0.717) is 0 Å². The molecule has 3 heteroatoms. The first kappa shape index (κ1) is 14.3. The van der Waals surface area contributed by atoms with Gasteiger partial charge in [0.05, 0.1) is 0 Å². The monoisotopic (exact) mass is 249 g/mol. The quantitative estimate of drug-likeness (QED) is 0.842. The van der Waals surface area contributed by atoms with Gasteiger partial charge in [0.1, 0.15) is 11.6 Å². The highest BCUT2D eigenvalue weighted by Crippen LogP contribution is 2.27. The fourth-order valence-electron chi connectivity index (χ4n) is 2.05. The first-order valence-corrected chi connectivity index (χ1v) is 5.71. The predicted octanol–water partition coefficient (Wildman–Crippen LogP) is 4.67. The molecule has 2 aromatic rings. The first-order valence-electron chi connectivity index (χ1n) is 5.71. The lowest BCUT2D eigenvalue weighted by molar-refractivity contribution is 0.624. The normalized spacial score (nSPS) is 10.2. The summed E-state index contributed by atoms with van der Waals surface area (Å²) in [5.41, 5.74) is 2.11. The molecule has 0 bridgehead atoms. The maximum absolute atomic E-state index is 12.9. The Hall–Kier alpha value is -1.74. The van der Waals surface area contributed by atoms with E-state index in [0.717, 1.165) is 17.5 Å². The van der Waals surface area contributed by atoms with Crippen molar-refractivity contribution in [3.63, 3.8) is 0 Å². The number of rotatable bonds is 3. The van der Waals surface area contributed by atoms with Gasteiger partial charge >= 0.3 is 0 Å². The summed E-state index contributed by atoms with van der Waals surface area (Å²) in [5.74, 6) is -0.276. The zero-order valence-corrected chi connectivity index (χ0v) is 10.4. The van der Waals surface area contributed by atoms with Crippen molar-refractivity contribution in [2.45, 2.75) is 19.3 Å². The maximum Gasteiger partial charge on any atom is 0.123 e. The Morgan fingerprint density at radius 1 is 0.778 bits per heavy atom. The molecule has 0 aromatic heterocycles. The van der Waals surface area contributed by atoms with Crippen molar-refractivity contribution >= 4 is 0 Å². The fourth-order valence-corrected chi connectivity index (χ4v) is 2.05. The topological polar surface area (TPSA) is 35.0 Å². The van der Waals surface area contributed by atoms with Crippen LogP contribution in [0, 0.1) is 11.6 Å². The maximum atomic E-state index is 12.9. The SMILES string of the molecule is CCC(c1ccc(F)cc1)c1ccc(F)cc1.N. The van der Waals surface area contributed by atoms with Gasteiger partial charge < -0.3 is 6.15 Å². The van der Waals surface area contributed by atoms with Crippen LogP contribution in [-0.2, 0) is 0 Å². The molecule has 0 unspecified atom stereocenters. The molecule has 0 saturated heterocycles. The zero-order chi connectivity index (χ0) is 12.3. The lowest BCUT2D eigenvalue weighted by atomic mass is 9.89. The predicted molar refractivity (Wildman–Crippen MR) is 70.0 cm³/mol. The van der Waals surface area contributed by atoms with E-state index in [1.807, 2.05) is 0 Å². The summed E-state index contributed by atoms with van der Waals surface area (Å²) in [4.78, 5) is 0. The highest BCUT2D eigenvalue weighted by molar-refractivity contribution is 5.32. The Balaban J connectivity index is 0.00000162. The molecular formula is C15H17F2N. The largest absolute Gasteiger partial charge is 0.344 e. The third-order valence-corrected chi connectivity index (χ3v) is 2.95. The van der Waals surface area contributed by atoms with Crippen LogP contribution in [0.5, 0.6) is 0 Å².